The van der Waals surface area contributed by atoms with Crippen molar-refractivity contribution in [3.63, 3.8) is 0 Å². The number of anilines is 1. The number of thiazole rings is 1. The van der Waals surface area contributed by atoms with Gasteiger partial charge >= 0.3 is 0 Å². The summed E-state index contributed by atoms with van der Waals surface area (Å²) in [5.41, 5.74) is 1.12. The Morgan fingerprint density at radius 3 is 2.74 bits per heavy atom. The first-order valence-corrected chi connectivity index (χ1v) is 11.1. The van der Waals surface area contributed by atoms with Gasteiger partial charge < -0.3 is 14.4 Å². The molecule has 1 aliphatic rings. The highest BCUT2D eigenvalue weighted by Crippen LogP contribution is 2.33. The third kappa shape index (κ3) is 4.70. The zero-order chi connectivity index (χ0) is 21.8. The fourth-order valence-electron chi connectivity index (χ4n) is 3.37. The molecule has 4 rings (SSSR count). The van der Waals surface area contributed by atoms with Crippen LogP contribution in [0, 0.1) is 5.82 Å². The van der Waals surface area contributed by atoms with Gasteiger partial charge in [0.2, 0.25) is 6.79 Å². The molecule has 3 aromatic rings. The van der Waals surface area contributed by atoms with E-state index < -0.39 is 0 Å². The molecule has 0 saturated heterocycles. The monoisotopic (exact) mass is 441 g/mol. The zero-order valence-corrected chi connectivity index (χ0v) is 18.3. The smallest absolute Gasteiger partial charge is 0.252 e. The second kappa shape index (κ2) is 9.45. The Hall–Kier alpha value is -2.97. The third-order valence-electron chi connectivity index (χ3n) is 5.20. The summed E-state index contributed by atoms with van der Waals surface area (Å²) in [6, 6.07) is 10.4. The van der Waals surface area contributed by atoms with Crippen LogP contribution in [0.15, 0.2) is 42.5 Å². The molecule has 162 valence electrons. The zero-order valence-electron chi connectivity index (χ0n) is 17.5. The highest BCUT2D eigenvalue weighted by molar-refractivity contribution is 7.22. The van der Waals surface area contributed by atoms with Crippen molar-refractivity contribution in [2.45, 2.75) is 13.8 Å². The van der Waals surface area contributed by atoms with Crippen molar-refractivity contribution in [3.8, 4) is 11.5 Å². The summed E-state index contributed by atoms with van der Waals surface area (Å²) in [4.78, 5) is 21.4. The first-order valence-electron chi connectivity index (χ1n) is 10.3. The number of para-hydroxylation sites is 1. The average Bonchev–Trinajstić information content (AvgIpc) is 3.42. The number of benzene rings is 2. The summed E-state index contributed by atoms with van der Waals surface area (Å²) in [6.07, 6.45) is 3.25. The van der Waals surface area contributed by atoms with Crippen LogP contribution in [0.1, 0.15) is 19.4 Å². The number of aromatic nitrogens is 1. The summed E-state index contributed by atoms with van der Waals surface area (Å²) < 4.78 is 25.6. The van der Waals surface area contributed by atoms with E-state index in [9.17, 15) is 9.18 Å². The van der Waals surface area contributed by atoms with E-state index >= 15 is 0 Å². The van der Waals surface area contributed by atoms with Crippen LogP contribution in [-0.4, -0.2) is 48.8 Å². The predicted molar refractivity (Wildman–Crippen MR) is 121 cm³/mol. The molecule has 31 heavy (non-hydrogen) atoms. The van der Waals surface area contributed by atoms with Gasteiger partial charge in [0.1, 0.15) is 11.3 Å². The van der Waals surface area contributed by atoms with Gasteiger partial charge in [-0.05, 0) is 49.0 Å². The molecule has 0 saturated carbocycles. The van der Waals surface area contributed by atoms with Crippen molar-refractivity contribution in [1.29, 1.82) is 0 Å². The lowest BCUT2D eigenvalue weighted by Gasteiger charge is -2.23. The number of carbonyl (C=O) groups is 1. The van der Waals surface area contributed by atoms with E-state index in [4.69, 9.17) is 9.47 Å². The van der Waals surface area contributed by atoms with Crippen LogP contribution in [0.3, 0.4) is 0 Å². The standard InChI is InChI=1S/C23H24FN3O3S/c1-3-26(4-2)12-13-27(23-25-22-17(24)6-5-7-20(22)31-23)21(28)11-9-16-8-10-18-19(14-16)30-15-29-18/h5-11,14H,3-4,12-13,15H2,1-2H3. The molecule has 0 unspecified atom stereocenters. The topological polar surface area (TPSA) is 54.9 Å². The minimum atomic E-state index is -0.382. The molecule has 2 aromatic carbocycles. The molecule has 0 spiro atoms. The van der Waals surface area contributed by atoms with Gasteiger partial charge in [-0.15, -0.1) is 0 Å². The second-order valence-corrected chi connectivity index (χ2v) is 8.05. The Bertz CT molecular complexity index is 1110. The molecule has 6 nitrogen and oxygen atoms in total. The number of hydrogen-bond donors (Lipinski definition) is 0. The first-order chi connectivity index (χ1) is 15.1. The lowest BCUT2D eigenvalue weighted by molar-refractivity contribution is -0.114. The number of carbonyl (C=O) groups excluding carboxylic acids is 1. The van der Waals surface area contributed by atoms with Gasteiger partial charge in [0.05, 0.1) is 4.70 Å². The molecule has 0 fully saturated rings. The number of fused-ring (bicyclic) bond motifs is 2. The third-order valence-corrected chi connectivity index (χ3v) is 6.25. The maximum absolute atomic E-state index is 14.2. The molecule has 8 heteroatoms. The SMILES string of the molecule is CCN(CC)CCN(C(=O)C=Cc1ccc2c(c1)OCO2)c1nc2c(F)cccc2s1. The van der Waals surface area contributed by atoms with E-state index in [1.54, 1.807) is 17.0 Å². The van der Waals surface area contributed by atoms with Crippen molar-refractivity contribution in [2.24, 2.45) is 0 Å². The van der Waals surface area contributed by atoms with E-state index in [0.717, 1.165) is 23.4 Å². The molecule has 0 aliphatic carbocycles. The first kappa shape index (κ1) is 21.3. The normalized spacial score (nSPS) is 12.9. The average molecular weight is 442 g/mol. The Balaban J connectivity index is 1.59. The highest BCUT2D eigenvalue weighted by Gasteiger charge is 2.20. The van der Waals surface area contributed by atoms with Crippen LogP contribution in [0.2, 0.25) is 0 Å². The number of ether oxygens (including phenoxy) is 2. The van der Waals surface area contributed by atoms with Gasteiger partial charge in [-0.2, -0.15) is 0 Å². The molecule has 1 amide bonds. The molecule has 2 heterocycles. The molecule has 0 N–H and O–H groups in total. The Morgan fingerprint density at radius 1 is 1.16 bits per heavy atom. The van der Waals surface area contributed by atoms with Gasteiger partial charge in [0.25, 0.3) is 5.91 Å². The Kier molecular flexibility index (Phi) is 6.48. The van der Waals surface area contributed by atoms with Crippen LogP contribution in [0.25, 0.3) is 16.3 Å². The molecular weight excluding hydrogens is 417 g/mol. The summed E-state index contributed by atoms with van der Waals surface area (Å²) in [5.74, 6) is 0.770. The summed E-state index contributed by atoms with van der Waals surface area (Å²) in [7, 11) is 0. The summed E-state index contributed by atoms with van der Waals surface area (Å²) in [6.45, 7) is 7.32. The van der Waals surface area contributed by atoms with Gasteiger partial charge in [-0.3, -0.25) is 9.69 Å². The lowest BCUT2D eigenvalue weighted by Crippen LogP contribution is -2.38. The second-order valence-electron chi connectivity index (χ2n) is 7.05. The Morgan fingerprint density at radius 2 is 1.97 bits per heavy atom. The number of hydrogen-bond acceptors (Lipinski definition) is 6. The summed E-state index contributed by atoms with van der Waals surface area (Å²) >= 11 is 1.32. The van der Waals surface area contributed by atoms with E-state index in [-0.39, 0.29) is 18.5 Å². The molecule has 1 aromatic heterocycles. The van der Waals surface area contributed by atoms with Crippen molar-refractivity contribution in [3.05, 3.63) is 53.9 Å². The fourth-order valence-corrected chi connectivity index (χ4v) is 4.39. The predicted octanol–water partition coefficient (Wildman–Crippen LogP) is 4.55. The lowest BCUT2D eigenvalue weighted by atomic mass is 10.2. The number of rotatable bonds is 8. The van der Waals surface area contributed by atoms with Crippen molar-refractivity contribution in [1.82, 2.24) is 9.88 Å². The van der Waals surface area contributed by atoms with Gasteiger partial charge in [0.15, 0.2) is 16.6 Å². The largest absolute Gasteiger partial charge is 0.454 e. The van der Waals surface area contributed by atoms with E-state index in [1.807, 2.05) is 24.3 Å². The van der Waals surface area contributed by atoms with Gasteiger partial charge in [-0.25, -0.2) is 9.37 Å². The van der Waals surface area contributed by atoms with Crippen LogP contribution < -0.4 is 14.4 Å². The highest BCUT2D eigenvalue weighted by atomic mass is 32.1. The van der Waals surface area contributed by atoms with Crippen molar-refractivity contribution < 1.29 is 18.7 Å². The quantitative estimate of drug-likeness (QED) is 0.480. The Labute approximate surface area is 184 Å². The van der Waals surface area contributed by atoms with Crippen LogP contribution in [0.5, 0.6) is 11.5 Å². The fraction of sp³-hybridized carbons (Fsp3) is 0.304. The van der Waals surface area contributed by atoms with E-state index in [2.05, 4.69) is 23.7 Å². The molecule has 1 aliphatic heterocycles. The minimum Gasteiger partial charge on any atom is -0.454 e. The number of halogens is 1. The molecule has 0 atom stereocenters. The number of nitrogens with zero attached hydrogens (tertiary/aromatic N) is 3. The molecular formula is C23H24FN3O3S. The van der Waals surface area contributed by atoms with Gasteiger partial charge in [0, 0.05) is 19.2 Å². The van der Waals surface area contributed by atoms with E-state index in [0.29, 0.717) is 35.2 Å². The maximum atomic E-state index is 14.2. The number of likely N-dealkylation sites (N-methyl/N-ethyl adjacent to an activating group) is 1. The molecule has 0 bridgehead atoms. The van der Waals surface area contributed by atoms with Crippen molar-refractivity contribution >= 4 is 38.7 Å². The van der Waals surface area contributed by atoms with Crippen LogP contribution in [-0.2, 0) is 4.79 Å². The van der Waals surface area contributed by atoms with Crippen LogP contribution in [0.4, 0.5) is 9.52 Å². The van der Waals surface area contributed by atoms with Gasteiger partial charge in [-0.1, -0.05) is 37.3 Å². The molecule has 0 radical (unpaired) electrons. The van der Waals surface area contributed by atoms with Crippen LogP contribution >= 0.6 is 11.3 Å². The minimum absolute atomic E-state index is 0.203. The summed E-state index contributed by atoms with van der Waals surface area (Å²) in [5, 5.41) is 0.493. The number of amides is 1. The van der Waals surface area contributed by atoms with E-state index in [1.165, 1.54) is 23.5 Å². The maximum Gasteiger partial charge on any atom is 0.252 e. The van der Waals surface area contributed by atoms with Crippen molar-refractivity contribution in [2.75, 3.05) is 37.9 Å².